The van der Waals surface area contributed by atoms with Crippen LogP contribution >= 0.6 is 0 Å². The number of rotatable bonds is 7. The number of nitrogens with two attached hydrogens (primary N) is 1. The summed E-state index contributed by atoms with van der Waals surface area (Å²) in [6.45, 7) is 0. The lowest BCUT2D eigenvalue weighted by molar-refractivity contribution is -0.138. The summed E-state index contributed by atoms with van der Waals surface area (Å²) in [5.74, 6) is -2.28. The van der Waals surface area contributed by atoms with Gasteiger partial charge in [-0.15, -0.1) is 0 Å². The van der Waals surface area contributed by atoms with Crippen LogP contribution in [0.25, 0.3) is 11.1 Å². The number of aromatic carboxylic acids is 1. The summed E-state index contributed by atoms with van der Waals surface area (Å²) < 4.78 is 0. The van der Waals surface area contributed by atoms with Crippen molar-refractivity contribution in [3.63, 3.8) is 0 Å². The number of benzene rings is 3. The van der Waals surface area contributed by atoms with Gasteiger partial charge in [0.05, 0.1) is 5.56 Å². The first-order chi connectivity index (χ1) is 13.9. The van der Waals surface area contributed by atoms with Crippen LogP contribution in [0, 0.1) is 5.41 Å². The zero-order valence-corrected chi connectivity index (χ0v) is 15.3. The number of nitrogens with one attached hydrogen (secondary N) is 2. The van der Waals surface area contributed by atoms with Crippen LogP contribution in [-0.4, -0.2) is 28.0 Å². The summed E-state index contributed by atoms with van der Waals surface area (Å²) in [5.41, 5.74) is 7.99. The Morgan fingerprint density at radius 3 is 2.03 bits per heavy atom. The summed E-state index contributed by atoms with van der Waals surface area (Å²) in [5, 5.41) is 29.8. The van der Waals surface area contributed by atoms with E-state index in [1.807, 2.05) is 0 Å². The molecular weight excluding hydrogens is 370 g/mol. The Labute approximate surface area is 166 Å². The second kappa shape index (κ2) is 8.26. The predicted octanol–water partition coefficient (Wildman–Crippen LogP) is 3.57. The maximum absolute atomic E-state index is 12.0. The zero-order chi connectivity index (χ0) is 21.0. The third-order valence-electron chi connectivity index (χ3n) is 4.47. The van der Waals surface area contributed by atoms with Crippen LogP contribution in [-0.2, 0) is 4.79 Å². The van der Waals surface area contributed by atoms with E-state index < -0.39 is 18.0 Å². The van der Waals surface area contributed by atoms with E-state index in [0.29, 0.717) is 27.9 Å². The average molecular weight is 389 g/mol. The highest BCUT2D eigenvalue weighted by atomic mass is 16.4. The van der Waals surface area contributed by atoms with Crippen LogP contribution in [0.2, 0.25) is 0 Å². The molecule has 3 rings (SSSR count). The molecule has 146 valence electrons. The Balaban J connectivity index is 2.05. The molecule has 0 saturated heterocycles. The van der Waals surface area contributed by atoms with Crippen molar-refractivity contribution >= 4 is 23.5 Å². The second-order valence-electron chi connectivity index (χ2n) is 6.34. The molecule has 7 heteroatoms. The van der Waals surface area contributed by atoms with Gasteiger partial charge in [-0.2, -0.15) is 0 Å². The fraction of sp³-hybridized carbons (Fsp3) is 0.0455. The van der Waals surface area contributed by atoms with E-state index in [1.165, 1.54) is 6.07 Å². The van der Waals surface area contributed by atoms with Crippen molar-refractivity contribution in [1.29, 1.82) is 5.41 Å². The lowest BCUT2D eigenvalue weighted by Crippen LogP contribution is -2.21. The number of anilines is 1. The van der Waals surface area contributed by atoms with Gasteiger partial charge in [0, 0.05) is 11.3 Å². The van der Waals surface area contributed by atoms with Crippen LogP contribution in [0.15, 0.2) is 72.8 Å². The Hall–Kier alpha value is -4.13. The number of nitrogen functional groups attached to an aromatic ring is 1. The Bertz CT molecular complexity index is 1080. The van der Waals surface area contributed by atoms with Crippen molar-refractivity contribution in [2.45, 2.75) is 6.04 Å². The summed E-state index contributed by atoms with van der Waals surface area (Å²) in [6.07, 6.45) is 0. The van der Waals surface area contributed by atoms with Gasteiger partial charge in [0.1, 0.15) is 5.84 Å². The van der Waals surface area contributed by atoms with Crippen molar-refractivity contribution in [2.24, 2.45) is 5.73 Å². The van der Waals surface area contributed by atoms with Gasteiger partial charge in [0.15, 0.2) is 6.04 Å². The minimum atomic E-state index is -1.11. The molecule has 0 aliphatic carbocycles. The average Bonchev–Trinajstić information content (AvgIpc) is 2.72. The number of aliphatic carboxylic acids is 1. The number of carboxylic acid groups (broad SMARTS) is 2. The summed E-state index contributed by atoms with van der Waals surface area (Å²) in [6, 6.07) is 18.7. The Morgan fingerprint density at radius 1 is 0.862 bits per heavy atom. The Kier molecular flexibility index (Phi) is 5.59. The van der Waals surface area contributed by atoms with Crippen LogP contribution in [0.5, 0.6) is 0 Å². The molecule has 0 heterocycles. The second-order valence-corrected chi connectivity index (χ2v) is 6.34. The first-order valence-corrected chi connectivity index (χ1v) is 8.74. The molecule has 1 atom stereocenters. The molecule has 7 nitrogen and oxygen atoms in total. The van der Waals surface area contributed by atoms with Gasteiger partial charge in [0.25, 0.3) is 0 Å². The van der Waals surface area contributed by atoms with E-state index in [9.17, 15) is 19.8 Å². The lowest BCUT2D eigenvalue weighted by Gasteiger charge is -2.20. The zero-order valence-electron chi connectivity index (χ0n) is 15.3. The topological polar surface area (TPSA) is 136 Å². The fourth-order valence-electron chi connectivity index (χ4n) is 3.08. The maximum Gasteiger partial charge on any atom is 0.336 e. The van der Waals surface area contributed by atoms with Crippen molar-refractivity contribution in [3.8, 4) is 11.1 Å². The van der Waals surface area contributed by atoms with Crippen LogP contribution in [0.1, 0.15) is 27.5 Å². The largest absolute Gasteiger partial charge is 0.479 e. The van der Waals surface area contributed by atoms with E-state index >= 15 is 0 Å². The highest BCUT2D eigenvalue weighted by Gasteiger charge is 2.24. The number of carbonyl (C=O) groups is 2. The quantitative estimate of drug-likeness (QED) is 0.309. The number of hydrogen-bond donors (Lipinski definition) is 5. The molecule has 0 amide bonds. The molecular formula is C22H19N3O4. The van der Waals surface area contributed by atoms with Crippen LogP contribution in [0.3, 0.4) is 0 Å². The highest BCUT2D eigenvalue weighted by molar-refractivity contribution is 5.97. The first kappa shape index (κ1) is 19.6. The molecule has 0 aliphatic heterocycles. The molecule has 0 bridgehead atoms. The summed E-state index contributed by atoms with van der Waals surface area (Å²) >= 11 is 0. The molecule has 0 aliphatic rings. The molecule has 1 unspecified atom stereocenters. The standard InChI is InChI=1S/C22H19N3O4/c23-20(24)13-9-11-14(12-10-13)25-19(22(28)29)17-7-3-1-5-15(17)16-6-2-4-8-18(16)21(26)27/h1-12,19,25H,(H3,23,24)(H,26,27)(H,28,29). The third kappa shape index (κ3) is 4.24. The van der Waals surface area contributed by atoms with Gasteiger partial charge in [0.2, 0.25) is 0 Å². The maximum atomic E-state index is 12.0. The molecule has 0 radical (unpaired) electrons. The first-order valence-electron chi connectivity index (χ1n) is 8.74. The molecule has 0 aromatic heterocycles. The van der Waals surface area contributed by atoms with E-state index in [4.69, 9.17) is 11.1 Å². The van der Waals surface area contributed by atoms with Crippen molar-refractivity contribution in [3.05, 3.63) is 89.5 Å². The van der Waals surface area contributed by atoms with Gasteiger partial charge in [-0.05, 0) is 47.0 Å². The molecule has 29 heavy (non-hydrogen) atoms. The third-order valence-corrected chi connectivity index (χ3v) is 4.47. The van der Waals surface area contributed by atoms with E-state index in [1.54, 1.807) is 66.7 Å². The molecule has 0 fully saturated rings. The minimum absolute atomic E-state index is 0.0815. The molecule has 0 saturated carbocycles. The van der Waals surface area contributed by atoms with E-state index in [0.717, 1.165) is 0 Å². The van der Waals surface area contributed by atoms with E-state index in [-0.39, 0.29) is 11.4 Å². The van der Waals surface area contributed by atoms with Crippen molar-refractivity contribution < 1.29 is 19.8 Å². The molecule has 3 aromatic carbocycles. The SMILES string of the molecule is N=C(N)c1ccc(NC(C(=O)O)c2ccccc2-c2ccccc2C(=O)O)cc1. The number of amidine groups is 1. The smallest absolute Gasteiger partial charge is 0.336 e. The predicted molar refractivity (Wildman–Crippen MR) is 110 cm³/mol. The monoisotopic (exact) mass is 389 g/mol. The number of carboxylic acids is 2. The van der Waals surface area contributed by atoms with Crippen LogP contribution in [0.4, 0.5) is 5.69 Å². The molecule has 0 spiro atoms. The summed E-state index contributed by atoms with van der Waals surface area (Å²) in [7, 11) is 0. The van der Waals surface area contributed by atoms with Crippen molar-refractivity contribution in [2.75, 3.05) is 5.32 Å². The van der Waals surface area contributed by atoms with Crippen molar-refractivity contribution in [1.82, 2.24) is 0 Å². The van der Waals surface area contributed by atoms with Gasteiger partial charge < -0.3 is 21.3 Å². The summed E-state index contributed by atoms with van der Waals surface area (Å²) in [4.78, 5) is 23.7. The number of hydrogen-bond acceptors (Lipinski definition) is 4. The van der Waals surface area contributed by atoms with Gasteiger partial charge in [-0.1, -0.05) is 42.5 Å². The van der Waals surface area contributed by atoms with Crippen LogP contribution < -0.4 is 11.1 Å². The fourth-order valence-corrected chi connectivity index (χ4v) is 3.08. The van der Waals surface area contributed by atoms with Gasteiger partial charge in [-0.3, -0.25) is 5.41 Å². The highest BCUT2D eigenvalue weighted by Crippen LogP contribution is 2.32. The minimum Gasteiger partial charge on any atom is -0.479 e. The normalized spacial score (nSPS) is 11.4. The lowest BCUT2D eigenvalue weighted by atomic mass is 9.91. The van der Waals surface area contributed by atoms with Gasteiger partial charge in [-0.25, -0.2) is 9.59 Å². The molecule has 6 N–H and O–H groups in total. The Morgan fingerprint density at radius 2 is 1.45 bits per heavy atom. The van der Waals surface area contributed by atoms with Gasteiger partial charge >= 0.3 is 11.9 Å². The van der Waals surface area contributed by atoms with E-state index in [2.05, 4.69) is 5.32 Å². The molecule has 3 aromatic rings.